The van der Waals surface area contributed by atoms with Crippen molar-refractivity contribution in [3.63, 3.8) is 0 Å². The van der Waals surface area contributed by atoms with Crippen LogP contribution in [0.3, 0.4) is 0 Å². The lowest BCUT2D eigenvalue weighted by molar-refractivity contribution is 0.561. The molecule has 0 atom stereocenters. The van der Waals surface area contributed by atoms with E-state index in [1.54, 1.807) is 0 Å². The van der Waals surface area contributed by atoms with Crippen molar-refractivity contribution < 1.29 is 0 Å². The molecule has 0 rings (SSSR count). The molecular formula is C8H19NS. The molecular weight excluding hydrogens is 142 g/mol. The van der Waals surface area contributed by atoms with Gasteiger partial charge in [-0.2, -0.15) is 0 Å². The third kappa shape index (κ3) is 3.83. The van der Waals surface area contributed by atoms with E-state index in [4.69, 9.17) is 0 Å². The van der Waals surface area contributed by atoms with Gasteiger partial charge in [0.1, 0.15) is 0 Å². The molecule has 0 saturated carbocycles. The van der Waals surface area contributed by atoms with Crippen LogP contribution in [0.1, 0.15) is 6.92 Å². The summed E-state index contributed by atoms with van der Waals surface area (Å²) in [7, 11) is 3.65. The van der Waals surface area contributed by atoms with E-state index < -0.39 is 10.0 Å². The fraction of sp³-hybridized carbons (Fsp3) is 0.750. The van der Waals surface area contributed by atoms with E-state index in [-0.39, 0.29) is 0 Å². The second-order valence-corrected chi connectivity index (χ2v) is 7.86. The van der Waals surface area contributed by atoms with Crippen molar-refractivity contribution in [1.29, 1.82) is 0 Å². The third-order valence-corrected chi connectivity index (χ3v) is 3.44. The average Bonchev–Trinajstić information content (AvgIpc) is 1.60. The number of allylic oxidation sites excluding steroid dienone is 1. The Morgan fingerprint density at radius 1 is 1.20 bits per heavy atom. The molecule has 1 nitrogen and oxygen atoms in total. The van der Waals surface area contributed by atoms with Crippen LogP contribution >= 0.6 is 10.0 Å². The van der Waals surface area contributed by atoms with Crippen LogP contribution < -0.4 is 0 Å². The third-order valence-electron chi connectivity index (χ3n) is 1.41. The van der Waals surface area contributed by atoms with Crippen LogP contribution in [0.5, 0.6) is 0 Å². The minimum Gasteiger partial charge on any atom is -0.383 e. The van der Waals surface area contributed by atoms with E-state index in [9.17, 15) is 0 Å². The Kier molecular flexibility index (Phi) is 3.29. The normalized spacial score (nSPS) is 15.2. The standard InChI is InChI=1S/C8H19NS/c1-8(7-9(2)3)10(4,5)6/h7H,1-6H3/b8-7+. The Morgan fingerprint density at radius 2 is 1.60 bits per heavy atom. The van der Waals surface area contributed by atoms with Crippen LogP contribution in [0.25, 0.3) is 0 Å². The van der Waals surface area contributed by atoms with Gasteiger partial charge in [0.2, 0.25) is 0 Å². The highest BCUT2D eigenvalue weighted by Gasteiger charge is 2.05. The predicted molar refractivity (Wildman–Crippen MR) is 52.8 cm³/mol. The SMILES string of the molecule is C/C(=C\N(C)C)S(C)(C)C. The van der Waals surface area contributed by atoms with Crippen molar-refractivity contribution in [2.45, 2.75) is 6.92 Å². The molecule has 0 aromatic carbocycles. The highest BCUT2D eigenvalue weighted by Crippen LogP contribution is 2.43. The largest absolute Gasteiger partial charge is 0.383 e. The molecule has 10 heavy (non-hydrogen) atoms. The van der Waals surface area contributed by atoms with Gasteiger partial charge < -0.3 is 4.90 Å². The molecule has 0 aliphatic carbocycles. The topological polar surface area (TPSA) is 3.24 Å². The van der Waals surface area contributed by atoms with E-state index in [1.165, 1.54) is 4.91 Å². The van der Waals surface area contributed by atoms with Gasteiger partial charge in [-0.25, -0.2) is 10.0 Å². The van der Waals surface area contributed by atoms with Crippen LogP contribution in [-0.4, -0.2) is 37.8 Å². The maximum atomic E-state index is 2.31. The van der Waals surface area contributed by atoms with Gasteiger partial charge in [0, 0.05) is 20.3 Å². The molecule has 0 aliphatic heterocycles. The van der Waals surface area contributed by atoms with Crippen molar-refractivity contribution in [2.75, 3.05) is 32.9 Å². The zero-order valence-corrected chi connectivity index (χ0v) is 8.75. The Morgan fingerprint density at radius 3 is 1.70 bits per heavy atom. The van der Waals surface area contributed by atoms with Crippen LogP contribution in [0.15, 0.2) is 11.1 Å². The zero-order chi connectivity index (χ0) is 8.36. The van der Waals surface area contributed by atoms with Gasteiger partial charge in [0.25, 0.3) is 0 Å². The molecule has 0 aromatic heterocycles. The summed E-state index contributed by atoms with van der Waals surface area (Å²) in [6.07, 6.45) is 9.13. The maximum absolute atomic E-state index is 2.31. The fourth-order valence-corrected chi connectivity index (χ4v) is 1.05. The number of nitrogens with zero attached hydrogens (tertiary/aromatic N) is 1. The summed E-state index contributed by atoms with van der Waals surface area (Å²) in [5.41, 5.74) is 0. The molecule has 0 amide bonds. The van der Waals surface area contributed by atoms with Crippen molar-refractivity contribution in [1.82, 2.24) is 4.90 Å². The zero-order valence-electron chi connectivity index (χ0n) is 7.93. The molecule has 62 valence electrons. The minimum atomic E-state index is -0.478. The number of hydrogen-bond acceptors (Lipinski definition) is 1. The lowest BCUT2D eigenvalue weighted by Gasteiger charge is -2.27. The average molecular weight is 161 g/mol. The second-order valence-electron chi connectivity index (χ2n) is 3.54. The molecule has 2 heteroatoms. The monoisotopic (exact) mass is 161 g/mol. The molecule has 0 N–H and O–H groups in total. The lowest BCUT2D eigenvalue weighted by atomic mass is 10.6. The van der Waals surface area contributed by atoms with Crippen molar-refractivity contribution in [2.24, 2.45) is 0 Å². The summed E-state index contributed by atoms with van der Waals surface area (Å²) >= 11 is 0. The van der Waals surface area contributed by atoms with E-state index in [0.29, 0.717) is 0 Å². The minimum absolute atomic E-state index is 0.478. The van der Waals surface area contributed by atoms with E-state index in [1.807, 2.05) is 0 Å². The first kappa shape index (κ1) is 9.89. The molecule has 0 saturated heterocycles. The first-order chi connectivity index (χ1) is 4.34. The highest BCUT2D eigenvalue weighted by atomic mass is 32.3. The quantitative estimate of drug-likeness (QED) is 0.599. The van der Waals surface area contributed by atoms with Crippen LogP contribution in [-0.2, 0) is 0 Å². The molecule has 0 radical (unpaired) electrons. The summed E-state index contributed by atoms with van der Waals surface area (Å²) in [6.45, 7) is 2.20. The predicted octanol–water partition coefficient (Wildman–Crippen LogP) is 2.10. The van der Waals surface area contributed by atoms with Crippen molar-refractivity contribution in [3.05, 3.63) is 11.1 Å². The second kappa shape index (κ2) is 3.33. The van der Waals surface area contributed by atoms with Gasteiger partial charge >= 0.3 is 0 Å². The first-order valence-corrected chi connectivity index (χ1v) is 6.23. The van der Waals surface area contributed by atoms with Crippen molar-refractivity contribution >= 4 is 10.0 Å². The smallest absolute Gasteiger partial charge is 0.00635 e. The highest BCUT2D eigenvalue weighted by molar-refractivity contribution is 8.35. The van der Waals surface area contributed by atoms with Gasteiger partial charge in [-0.3, -0.25) is 0 Å². The molecule has 0 aromatic rings. The summed E-state index contributed by atoms with van der Waals surface area (Å²) in [5, 5.41) is 0. The van der Waals surface area contributed by atoms with Gasteiger partial charge in [-0.1, -0.05) is 0 Å². The number of hydrogen-bond donors (Lipinski definition) is 0. The molecule has 0 fully saturated rings. The molecule has 0 spiro atoms. The fourth-order valence-electron chi connectivity index (χ4n) is 0.522. The van der Waals surface area contributed by atoms with Crippen LogP contribution in [0.2, 0.25) is 0 Å². The Labute approximate surface area is 66.4 Å². The van der Waals surface area contributed by atoms with Crippen molar-refractivity contribution in [3.8, 4) is 0 Å². The summed E-state index contributed by atoms with van der Waals surface area (Å²) in [5.74, 6) is 0. The van der Waals surface area contributed by atoms with Gasteiger partial charge in [-0.15, -0.1) is 0 Å². The Balaban J connectivity index is 4.20. The van der Waals surface area contributed by atoms with Gasteiger partial charge in [0.15, 0.2) is 0 Å². The maximum Gasteiger partial charge on any atom is 0.00635 e. The summed E-state index contributed by atoms with van der Waals surface area (Å²) < 4.78 is 0. The lowest BCUT2D eigenvalue weighted by Crippen LogP contribution is -2.04. The van der Waals surface area contributed by atoms with Gasteiger partial charge in [-0.05, 0) is 30.6 Å². The Bertz CT molecular complexity index is 131. The van der Waals surface area contributed by atoms with E-state index in [2.05, 4.69) is 50.9 Å². The first-order valence-electron chi connectivity index (χ1n) is 3.37. The van der Waals surface area contributed by atoms with Crippen LogP contribution in [0, 0.1) is 0 Å². The molecule has 0 heterocycles. The molecule has 0 unspecified atom stereocenters. The Hall–Kier alpha value is -0.110. The molecule has 0 aliphatic rings. The molecule has 0 bridgehead atoms. The van der Waals surface area contributed by atoms with E-state index in [0.717, 1.165) is 0 Å². The van der Waals surface area contributed by atoms with Gasteiger partial charge in [0.05, 0.1) is 0 Å². The van der Waals surface area contributed by atoms with E-state index >= 15 is 0 Å². The summed E-state index contributed by atoms with van der Waals surface area (Å²) in [4.78, 5) is 3.60. The van der Waals surface area contributed by atoms with Crippen LogP contribution in [0.4, 0.5) is 0 Å². The number of rotatable bonds is 2. The summed E-state index contributed by atoms with van der Waals surface area (Å²) in [6, 6.07) is 0.